The summed E-state index contributed by atoms with van der Waals surface area (Å²) >= 11 is 0. The summed E-state index contributed by atoms with van der Waals surface area (Å²) in [5, 5.41) is 2.84. The monoisotopic (exact) mass is 326 g/mol. The molecule has 0 spiro atoms. The summed E-state index contributed by atoms with van der Waals surface area (Å²) in [5.41, 5.74) is 2.91. The van der Waals surface area contributed by atoms with E-state index in [4.69, 9.17) is 0 Å². The molecule has 1 amide bonds. The zero-order valence-electron chi connectivity index (χ0n) is 13.8. The van der Waals surface area contributed by atoms with Crippen molar-refractivity contribution in [3.05, 3.63) is 29.3 Å². The molecule has 5 nitrogen and oxygen atoms in total. The molecule has 6 heteroatoms. The molecule has 0 aliphatic heterocycles. The molecule has 0 atom stereocenters. The highest BCUT2D eigenvalue weighted by Crippen LogP contribution is 2.16. The van der Waals surface area contributed by atoms with Gasteiger partial charge in [0.05, 0.1) is 6.26 Å². The van der Waals surface area contributed by atoms with Gasteiger partial charge >= 0.3 is 0 Å². The lowest BCUT2D eigenvalue weighted by Gasteiger charge is -2.19. The van der Waals surface area contributed by atoms with Crippen LogP contribution >= 0.6 is 0 Å². The molecular formula is C16H26N2O3S. The van der Waals surface area contributed by atoms with Crippen molar-refractivity contribution in [1.29, 1.82) is 0 Å². The summed E-state index contributed by atoms with van der Waals surface area (Å²) in [7, 11) is -3.27. The third-order valence-corrected chi connectivity index (χ3v) is 4.78. The number of carbonyl (C=O) groups is 1. The van der Waals surface area contributed by atoms with Crippen LogP contribution in [0.3, 0.4) is 0 Å². The summed E-state index contributed by atoms with van der Waals surface area (Å²) in [4.78, 5) is 12.0. The number of sulfonamides is 1. The third kappa shape index (κ3) is 6.15. The topological polar surface area (TPSA) is 66.5 Å². The molecule has 0 radical (unpaired) electrons. The van der Waals surface area contributed by atoms with Gasteiger partial charge in [-0.1, -0.05) is 31.0 Å². The minimum absolute atomic E-state index is 0.157. The molecular weight excluding hydrogens is 300 g/mol. The van der Waals surface area contributed by atoms with E-state index >= 15 is 0 Å². The van der Waals surface area contributed by atoms with E-state index in [1.165, 1.54) is 10.6 Å². The summed E-state index contributed by atoms with van der Waals surface area (Å²) in [6, 6.07) is 5.81. The molecule has 0 saturated heterocycles. The van der Waals surface area contributed by atoms with E-state index in [1.807, 2.05) is 39.0 Å². The molecule has 0 fully saturated rings. The maximum atomic E-state index is 12.0. The van der Waals surface area contributed by atoms with E-state index in [9.17, 15) is 13.2 Å². The fourth-order valence-electron chi connectivity index (χ4n) is 2.17. The Balaban J connectivity index is 2.60. The van der Waals surface area contributed by atoms with Crippen LogP contribution in [0.25, 0.3) is 0 Å². The number of anilines is 1. The average molecular weight is 326 g/mol. The van der Waals surface area contributed by atoms with Gasteiger partial charge in [0.2, 0.25) is 15.9 Å². The number of nitrogens with zero attached hydrogens (tertiary/aromatic N) is 1. The number of carbonyl (C=O) groups excluding carboxylic acids is 1. The number of unbranched alkanes of at least 4 members (excludes halogenated alkanes) is 1. The number of rotatable bonds is 8. The van der Waals surface area contributed by atoms with Gasteiger partial charge in [-0.25, -0.2) is 12.7 Å². The molecule has 1 rings (SSSR count). The maximum Gasteiger partial charge on any atom is 0.225 e. The van der Waals surface area contributed by atoms with Crippen LogP contribution < -0.4 is 5.32 Å². The second-order valence-electron chi connectivity index (χ2n) is 5.63. The fourth-order valence-corrected chi connectivity index (χ4v) is 3.05. The number of amides is 1. The van der Waals surface area contributed by atoms with Gasteiger partial charge in [0.25, 0.3) is 0 Å². The second-order valence-corrected chi connectivity index (χ2v) is 7.61. The van der Waals surface area contributed by atoms with Crippen LogP contribution in [0.5, 0.6) is 0 Å². The lowest BCUT2D eigenvalue weighted by Crippen LogP contribution is -2.33. The fraction of sp³-hybridized carbons (Fsp3) is 0.562. The Kier molecular flexibility index (Phi) is 7.03. The SMILES string of the molecule is CCCCN(CCC(=O)Nc1ccc(C)cc1C)S(C)(=O)=O. The quantitative estimate of drug-likeness (QED) is 0.799. The molecule has 124 valence electrons. The van der Waals surface area contributed by atoms with E-state index in [2.05, 4.69) is 5.32 Å². The molecule has 0 aromatic heterocycles. The predicted molar refractivity (Wildman–Crippen MR) is 90.5 cm³/mol. The maximum absolute atomic E-state index is 12.0. The minimum atomic E-state index is -3.27. The first-order chi connectivity index (χ1) is 10.2. The van der Waals surface area contributed by atoms with E-state index < -0.39 is 10.0 Å². The van der Waals surface area contributed by atoms with Crippen molar-refractivity contribution in [3.63, 3.8) is 0 Å². The average Bonchev–Trinajstić information content (AvgIpc) is 2.40. The van der Waals surface area contributed by atoms with Gasteiger partial charge in [0, 0.05) is 25.2 Å². The van der Waals surface area contributed by atoms with Crippen molar-refractivity contribution in [2.24, 2.45) is 0 Å². The van der Waals surface area contributed by atoms with Crippen LogP contribution in [0.4, 0.5) is 5.69 Å². The van der Waals surface area contributed by atoms with Gasteiger partial charge in [0.1, 0.15) is 0 Å². The van der Waals surface area contributed by atoms with Crippen LogP contribution in [0.2, 0.25) is 0 Å². The highest BCUT2D eigenvalue weighted by molar-refractivity contribution is 7.88. The largest absolute Gasteiger partial charge is 0.326 e. The summed E-state index contributed by atoms with van der Waals surface area (Å²) in [6.07, 6.45) is 3.06. The number of hydrogen-bond donors (Lipinski definition) is 1. The van der Waals surface area contributed by atoms with Gasteiger partial charge in [0.15, 0.2) is 0 Å². The molecule has 22 heavy (non-hydrogen) atoms. The van der Waals surface area contributed by atoms with Crippen LogP contribution in [0.1, 0.15) is 37.3 Å². The van der Waals surface area contributed by atoms with Crippen molar-refractivity contribution >= 4 is 21.6 Å². The predicted octanol–water partition coefficient (Wildman–Crippen LogP) is 2.69. The molecule has 1 N–H and O–H groups in total. The second kappa shape index (κ2) is 8.29. The lowest BCUT2D eigenvalue weighted by atomic mass is 10.1. The van der Waals surface area contributed by atoms with E-state index in [0.717, 1.165) is 29.7 Å². The van der Waals surface area contributed by atoms with Gasteiger partial charge < -0.3 is 5.32 Å². The Morgan fingerprint density at radius 2 is 1.91 bits per heavy atom. The zero-order chi connectivity index (χ0) is 16.8. The van der Waals surface area contributed by atoms with Crippen molar-refractivity contribution in [3.8, 4) is 0 Å². The first-order valence-corrected chi connectivity index (χ1v) is 9.41. The van der Waals surface area contributed by atoms with Crippen LogP contribution in [-0.4, -0.2) is 38.0 Å². The first kappa shape index (κ1) is 18.6. The molecule has 1 aromatic carbocycles. The number of nitrogens with one attached hydrogen (secondary N) is 1. The Bertz CT molecular complexity index is 612. The van der Waals surface area contributed by atoms with Crippen LogP contribution in [-0.2, 0) is 14.8 Å². The van der Waals surface area contributed by atoms with Gasteiger partial charge in [-0.05, 0) is 31.9 Å². The molecule has 1 aromatic rings. The van der Waals surface area contributed by atoms with Crippen LogP contribution in [0.15, 0.2) is 18.2 Å². The van der Waals surface area contributed by atoms with Crippen molar-refractivity contribution in [2.75, 3.05) is 24.7 Å². The Hall–Kier alpha value is -1.40. The van der Waals surface area contributed by atoms with Crippen molar-refractivity contribution < 1.29 is 13.2 Å². The molecule has 0 heterocycles. The van der Waals surface area contributed by atoms with Gasteiger partial charge in [-0.3, -0.25) is 4.79 Å². The molecule has 0 aliphatic rings. The van der Waals surface area contributed by atoms with Gasteiger partial charge in [-0.2, -0.15) is 0 Å². The zero-order valence-corrected chi connectivity index (χ0v) is 14.7. The third-order valence-electron chi connectivity index (χ3n) is 3.47. The summed E-state index contributed by atoms with van der Waals surface area (Å²) < 4.78 is 24.8. The van der Waals surface area contributed by atoms with Gasteiger partial charge in [-0.15, -0.1) is 0 Å². The standard InChI is InChI=1S/C16H26N2O3S/c1-5-6-10-18(22(4,20)21)11-9-16(19)17-15-8-7-13(2)12-14(15)3/h7-8,12H,5-6,9-11H2,1-4H3,(H,17,19). The normalized spacial score (nSPS) is 11.7. The minimum Gasteiger partial charge on any atom is -0.326 e. The Morgan fingerprint density at radius 1 is 1.23 bits per heavy atom. The number of hydrogen-bond acceptors (Lipinski definition) is 3. The first-order valence-electron chi connectivity index (χ1n) is 7.56. The van der Waals surface area contributed by atoms with E-state index in [0.29, 0.717) is 6.54 Å². The lowest BCUT2D eigenvalue weighted by molar-refractivity contribution is -0.116. The molecule has 0 aliphatic carbocycles. The molecule has 0 saturated carbocycles. The highest BCUT2D eigenvalue weighted by Gasteiger charge is 2.17. The van der Waals surface area contributed by atoms with Crippen LogP contribution in [0, 0.1) is 13.8 Å². The highest BCUT2D eigenvalue weighted by atomic mass is 32.2. The van der Waals surface area contributed by atoms with E-state index in [-0.39, 0.29) is 18.9 Å². The summed E-state index contributed by atoms with van der Waals surface area (Å²) in [5.74, 6) is -0.169. The number of aryl methyl sites for hydroxylation is 2. The summed E-state index contributed by atoms with van der Waals surface area (Å²) in [6.45, 7) is 6.62. The molecule has 0 unspecified atom stereocenters. The van der Waals surface area contributed by atoms with E-state index in [1.54, 1.807) is 0 Å². The van der Waals surface area contributed by atoms with Crippen molar-refractivity contribution in [1.82, 2.24) is 4.31 Å². The Morgan fingerprint density at radius 3 is 2.45 bits per heavy atom. The van der Waals surface area contributed by atoms with Crippen molar-refractivity contribution in [2.45, 2.75) is 40.0 Å². The molecule has 0 bridgehead atoms. The Labute approximate surface area is 133 Å². The smallest absolute Gasteiger partial charge is 0.225 e. The number of benzene rings is 1.